The summed E-state index contributed by atoms with van der Waals surface area (Å²) in [6.45, 7) is 8.42. The molecule has 2 atom stereocenters. The molecule has 1 aromatic rings. The van der Waals surface area contributed by atoms with Gasteiger partial charge in [-0.1, -0.05) is 54.1 Å². The van der Waals surface area contributed by atoms with Crippen LogP contribution in [0.25, 0.3) is 0 Å². The van der Waals surface area contributed by atoms with Gasteiger partial charge in [-0.25, -0.2) is 15.2 Å². The van der Waals surface area contributed by atoms with Gasteiger partial charge in [0.25, 0.3) is 0 Å². The average molecular weight is 353 g/mol. The molecule has 1 aliphatic heterocycles. The minimum absolute atomic E-state index is 0.0232. The fourth-order valence-corrected chi connectivity index (χ4v) is 2.98. The maximum absolute atomic E-state index is 11.9. The molecule has 1 fully saturated rings. The van der Waals surface area contributed by atoms with Crippen LogP contribution in [0.3, 0.4) is 0 Å². The minimum Gasteiger partial charge on any atom is -0.446 e. The lowest BCUT2D eigenvalue weighted by molar-refractivity contribution is 0.122. The Morgan fingerprint density at radius 2 is 2.24 bits per heavy atom. The molecule has 21 heavy (non-hydrogen) atoms. The van der Waals surface area contributed by atoms with Gasteiger partial charge in [-0.3, -0.25) is 0 Å². The van der Waals surface area contributed by atoms with E-state index in [1.807, 2.05) is 30.3 Å². The summed E-state index contributed by atoms with van der Waals surface area (Å²) in [4.78, 5) is 11.9. The maximum Gasteiger partial charge on any atom is 0.424 e. The number of benzene rings is 1. The van der Waals surface area contributed by atoms with E-state index in [0.717, 1.165) is 16.5 Å². The van der Waals surface area contributed by atoms with Crippen LogP contribution >= 0.6 is 15.9 Å². The zero-order chi connectivity index (χ0) is 15.4. The second kappa shape index (κ2) is 7.09. The number of hydrogen-bond donors (Lipinski definition) is 1. The van der Waals surface area contributed by atoms with Crippen molar-refractivity contribution in [3.63, 3.8) is 0 Å². The van der Waals surface area contributed by atoms with Crippen molar-refractivity contribution >= 4 is 22.0 Å². The lowest BCUT2D eigenvalue weighted by atomic mass is 10.0. The molecule has 0 radical (unpaired) electrons. The molecule has 1 amide bonds. The summed E-state index contributed by atoms with van der Waals surface area (Å²) in [5, 5.41) is 1.62. The van der Waals surface area contributed by atoms with Gasteiger partial charge in [-0.15, -0.1) is 6.58 Å². The molecule has 5 heteroatoms. The highest BCUT2D eigenvalue weighted by Gasteiger charge is 2.36. The monoisotopic (exact) mass is 352 g/mol. The number of carbonyl (C=O) groups excluding carboxylic acids is 1. The topological polar surface area (TPSA) is 41.6 Å². The molecule has 4 nitrogen and oxygen atoms in total. The molecule has 0 spiro atoms. The van der Waals surface area contributed by atoms with Crippen molar-refractivity contribution in [1.29, 1.82) is 0 Å². The van der Waals surface area contributed by atoms with Crippen LogP contribution in [0.1, 0.15) is 31.9 Å². The Kier molecular flexibility index (Phi) is 5.42. The fraction of sp³-hybridized carbons (Fsp3) is 0.438. The number of hydrogen-bond acceptors (Lipinski definition) is 3. The third-order valence-corrected chi connectivity index (χ3v) is 4.38. The molecular formula is C16H21BrN2O2. The van der Waals surface area contributed by atoms with Crippen molar-refractivity contribution in [1.82, 2.24) is 10.4 Å². The summed E-state index contributed by atoms with van der Waals surface area (Å²) in [5.41, 5.74) is 4.41. The van der Waals surface area contributed by atoms with Gasteiger partial charge in [0.15, 0.2) is 0 Å². The molecule has 1 aliphatic rings. The predicted octanol–water partition coefficient (Wildman–Crippen LogP) is 4.05. The van der Waals surface area contributed by atoms with E-state index in [1.165, 1.54) is 0 Å². The highest BCUT2D eigenvalue weighted by Crippen LogP contribution is 2.28. The Morgan fingerprint density at radius 3 is 2.86 bits per heavy atom. The Morgan fingerprint density at radius 1 is 1.52 bits per heavy atom. The molecule has 2 rings (SSSR count). The maximum atomic E-state index is 11.9. The normalized spacial score (nSPS) is 19.7. The average Bonchev–Trinajstić information content (AvgIpc) is 2.80. The summed E-state index contributed by atoms with van der Waals surface area (Å²) in [5.74, 6) is 0.326. The van der Waals surface area contributed by atoms with E-state index in [4.69, 9.17) is 4.74 Å². The van der Waals surface area contributed by atoms with E-state index in [1.54, 1.807) is 5.01 Å². The highest BCUT2D eigenvalue weighted by molar-refractivity contribution is 9.10. The molecule has 1 heterocycles. The Labute approximate surface area is 134 Å². The number of rotatable bonds is 6. The second-order valence-corrected chi connectivity index (χ2v) is 6.34. The number of cyclic esters (lactones) is 1. The van der Waals surface area contributed by atoms with Crippen LogP contribution in [-0.4, -0.2) is 23.8 Å². The Balaban J connectivity index is 2.21. The first-order valence-electron chi connectivity index (χ1n) is 7.12. The third-order valence-electron chi connectivity index (χ3n) is 3.65. The van der Waals surface area contributed by atoms with Crippen LogP contribution in [0.15, 0.2) is 41.4 Å². The molecule has 0 bridgehead atoms. The van der Waals surface area contributed by atoms with Crippen molar-refractivity contribution in [2.75, 3.05) is 6.61 Å². The van der Waals surface area contributed by atoms with Crippen molar-refractivity contribution in [2.45, 2.75) is 32.4 Å². The van der Waals surface area contributed by atoms with E-state index in [-0.39, 0.29) is 18.2 Å². The number of carbonyl (C=O) groups is 1. The summed E-state index contributed by atoms with van der Waals surface area (Å²) in [7, 11) is 0. The minimum atomic E-state index is -0.310. The molecule has 1 aromatic carbocycles. The highest BCUT2D eigenvalue weighted by atomic mass is 79.9. The Bertz CT molecular complexity index is 519. The first kappa shape index (κ1) is 16.0. The van der Waals surface area contributed by atoms with Gasteiger partial charge in [0.1, 0.15) is 6.61 Å². The molecule has 114 valence electrons. The molecule has 0 aliphatic carbocycles. The van der Waals surface area contributed by atoms with E-state index in [0.29, 0.717) is 12.5 Å². The van der Waals surface area contributed by atoms with Crippen LogP contribution in [0.4, 0.5) is 4.79 Å². The zero-order valence-electron chi connectivity index (χ0n) is 12.4. The fourth-order valence-electron chi connectivity index (χ4n) is 2.42. The zero-order valence-corrected chi connectivity index (χ0v) is 14.0. The summed E-state index contributed by atoms with van der Waals surface area (Å²) in [6.07, 6.45) is 2.26. The lowest BCUT2D eigenvalue weighted by Crippen LogP contribution is -2.48. The summed E-state index contributed by atoms with van der Waals surface area (Å²) < 4.78 is 6.18. The first-order chi connectivity index (χ1) is 10.0. The first-order valence-corrected chi connectivity index (χ1v) is 7.91. The van der Waals surface area contributed by atoms with Crippen LogP contribution < -0.4 is 5.43 Å². The molecule has 0 unspecified atom stereocenters. The van der Waals surface area contributed by atoms with Gasteiger partial charge < -0.3 is 4.74 Å². The number of ether oxygens (including phenoxy) is 1. The molecule has 1 saturated heterocycles. The van der Waals surface area contributed by atoms with Crippen LogP contribution in [0.5, 0.6) is 0 Å². The van der Waals surface area contributed by atoms with Gasteiger partial charge in [0.05, 0.1) is 12.1 Å². The SMILES string of the molecule is C=CC[C@H](NN1C(=O)OC[C@@H]1C(C)C)c1ccccc1Br. The Hall–Kier alpha value is -1.33. The summed E-state index contributed by atoms with van der Waals surface area (Å²) in [6, 6.07) is 8.02. The van der Waals surface area contributed by atoms with E-state index < -0.39 is 0 Å². The molecule has 0 aromatic heterocycles. The molecular weight excluding hydrogens is 332 g/mol. The molecule has 0 saturated carbocycles. The van der Waals surface area contributed by atoms with Crippen LogP contribution in [0, 0.1) is 5.92 Å². The number of amides is 1. The van der Waals surface area contributed by atoms with Crippen LogP contribution in [-0.2, 0) is 4.74 Å². The number of nitrogens with one attached hydrogen (secondary N) is 1. The largest absolute Gasteiger partial charge is 0.446 e. The number of hydrazine groups is 1. The standard InChI is InChI=1S/C16H21BrN2O2/c1-4-7-14(12-8-5-6-9-13(12)17)18-19-15(11(2)3)10-21-16(19)20/h4-6,8-9,11,14-15,18H,1,7,10H2,2-3H3/t14-,15+/m0/s1. The lowest BCUT2D eigenvalue weighted by Gasteiger charge is -2.30. The number of halogens is 1. The summed E-state index contributed by atoms with van der Waals surface area (Å²) >= 11 is 3.57. The van der Waals surface area contributed by atoms with Gasteiger partial charge >= 0.3 is 6.09 Å². The number of nitrogens with zero attached hydrogens (tertiary/aromatic N) is 1. The van der Waals surface area contributed by atoms with Crippen molar-refractivity contribution in [3.05, 3.63) is 47.0 Å². The molecule has 1 N–H and O–H groups in total. The third kappa shape index (κ3) is 3.66. The van der Waals surface area contributed by atoms with E-state index >= 15 is 0 Å². The van der Waals surface area contributed by atoms with E-state index in [2.05, 4.69) is 41.8 Å². The van der Waals surface area contributed by atoms with Crippen molar-refractivity contribution in [2.24, 2.45) is 5.92 Å². The van der Waals surface area contributed by atoms with Gasteiger partial charge in [0, 0.05) is 4.47 Å². The van der Waals surface area contributed by atoms with E-state index in [9.17, 15) is 4.79 Å². The quantitative estimate of drug-likeness (QED) is 0.785. The van der Waals surface area contributed by atoms with Gasteiger partial charge in [-0.2, -0.15) is 0 Å². The predicted molar refractivity (Wildman–Crippen MR) is 86.6 cm³/mol. The van der Waals surface area contributed by atoms with Crippen molar-refractivity contribution < 1.29 is 9.53 Å². The van der Waals surface area contributed by atoms with Crippen LogP contribution in [0.2, 0.25) is 0 Å². The van der Waals surface area contributed by atoms with Gasteiger partial charge in [-0.05, 0) is 24.0 Å². The smallest absolute Gasteiger partial charge is 0.424 e. The van der Waals surface area contributed by atoms with Gasteiger partial charge in [0.2, 0.25) is 0 Å². The van der Waals surface area contributed by atoms with Crippen molar-refractivity contribution in [3.8, 4) is 0 Å². The second-order valence-electron chi connectivity index (χ2n) is 5.49.